The monoisotopic (exact) mass is 226 g/mol. The highest BCUT2D eigenvalue weighted by molar-refractivity contribution is 5.92. The molecule has 0 aliphatic rings. The highest BCUT2D eigenvalue weighted by Gasteiger charge is 2.18. The molecule has 0 bridgehead atoms. The minimum absolute atomic E-state index is 0.0468. The molecule has 1 aromatic heterocycles. The van der Waals surface area contributed by atoms with Crippen molar-refractivity contribution in [1.29, 1.82) is 0 Å². The molecule has 0 aliphatic carbocycles. The fraction of sp³-hybridized carbons (Fsp3) is 0.636. The lowest BCUT2D eigenvalue weighted by Gasteiger charge is -2.20. The predicted molar refractivity (Wildman–Crippen MR) is 59.0 cm³/mol. The lowest BCUT2D eigenvalue weighted by atomic mass is 10.0. The second-order valence-electron chi connectivity index (χ2n) is 4.16. The molecule has 1 heterocycles. The van der Waals surface area contributed by atoms with Crippen LogP contribution in [0.3, 0.4) is 0 Å². The summed E-state index contributed by atoms with van der Waals surface area (Å²) in [5.74, 6) is 0.613. The molecule has 0 spiro atoms. The second kappa shape index (κ2) is 5.65. The quantitative estimate of drug-likeness (QED) is 0.789. The zero-order valence-electron chi connectivity index (χ0n) is 9.86. The van der Waals surface area contributed by atoms with E-state index in [9.17, 15) is 4.79 Å². The molecule has 1 unspecified atom stereocenters. The van der Waals surface area contributed by atoms with Gasteiger partial charge in [-0.3, -0.25) is 4.79 Å². The van der Waals surface area contributed by atoms with E-state index in [1.54, 1.807) is 13.0 Å². The van der Waals surface area contributed by atoms with E-state index in [1.807, 2.05) is 13.8 Å². The summed E-state index contributed by atoms with van der Waals surface area (Å²) < 4.78 is 4.83. The minimum Gasteiger partial charge on any atom is -0.396 e. The van der Waals surface area contributed by atoms with Crippen molar-refractivity contribution in [2.45, 2.75) is 33.2 Å². The Kier molecular flexibility index (Phi) is 4.49. The van der Waals surface area contributed by atoms with Crippen molar-refractivity contribution in [3.63, 3.8) is 0 Å². The van der Waals surface area contributed by atoms with Crippen molar-refractivity contribution in [2.75, 3.05) is 6.61 Å². The molecule has 1 atom stereocenters. The first-order chi connectivity index (χ1) is 7.54. The third kappa shape index (κ3) is 3.34. The minimum atomic E-state index is -0.260. The Labute approximate surface area is 94.8 Å². The summed E-state index contributed by atoms with van der Waals surface area (Å²) in [6.45, 7) is 5.78. The van der Waals surface area contributed by atoms with Gasteiger partial charge in [-0.15, -0.1) is 0 Å². The van der Waals surface area contributed by atoms with Crippen LogP contribution in [0.1, 0.15) is 36.5 Å². The van der Waals surface area contributed by atoms with Crippen molar-refractivity contribution in [1.82, 2.24) is 10.5 Å². The van der Waals surface area contributed by atoms with Crippen molar-refractivity contribution in [3.8, 4) is 0 Å². The molecule has 0 saturated heterocycles. The Morgan fingerprint density at radius 3 is 2.75 bits per heavy atom. The van der Waals surface area contributed by atoms with Gasteiger partial charge in [0, 0.05) is 18.7 Å². The van der Waals surface area contributed by atoms with Gasteiger partial charge in [0.25, 0.3) is 5.91 Å². The van der Waals surface area contributed by atoms with Crippen LogP contribution in [0.25, 0.3) is 0 Å². The highest BCUT2D eigenvalue weighted by atomic mass is 16.5. The fourth-order valence-corrected chi connectivity index (χ4v) is 1.43. The van der Waals surface area contributed by atoms with Crippen molar-refractivity contribution >= 4 is 5.91 Å². The van der Waals surface area contributed by atoms with Crippen LogP contribution in [-0.4, -0.2) is 28.8 Å². The van der Waals surface area contributed by atoms with Gasteiger partial charge >= 0.3 is 0 Å². The van der Waals surface area contributed by atoms with Crippen LogP contribution in [0.5, 0.6) is 0 Å². The summed E-state index contributed by atoms with van der Waals surface area (Å²) in [7, 11) is 0. The van der Waals surface area contributed by atoms with Crippen molar-refractivity contribution in [3.05, 3.63) is 17.5 Å². The average molecular weight is 226 g/mol. The fourth-order valence-electron chi connectivity index (χ4n) is 1.43. The van der Waals surface area contributed by atoms with Crippen LogP contribution in [0.2, 0.25) is 0 Å². The molecular weight excluding hydrogens is 208 g/mol. The lowest BCUT2D eigenvalue weighted by Crippen LogP contribution is -2.39. The normalized spacial score (nSPS) is 12.8. The number of hydrogen-bond donors (Lipinski definition) is 2. The molecule has 16 heavy (non-hydrogen) atoms. The molecule has 1 amide bonds. The Morgan fingerprint density at radius 2 is 2.31 bits per heavy atom. The van der Waals surface area contributed by atoms with Gasteiger partial charge in [-0.2, -0.15) is 0 Å². The summed E-state index contributed by atoms with van der Waals surface area (Å²) >= 11 is 0. The zero-order valence-corrected chi connectivity index (χ0v) is 9.86. The molecule has 1 aromatic rings. The Morgan fingerprint density at radius 1 is 1.62 bits per heavy atom. The largest absolute Gasteiger partial charge is 0.396 e. The van der Waals surface area contributed by atoms with E-state index in [1.165, 1.54) is 0 Å². The molecule has 90 valence electrons. The Bertz CT molecular complexity index is 347. The van der Waals surface area contributed by atoms with Gasteiger partial charge in [0.1, 0.15) is 5.76 Å². The van der Waals surface area contributed by atoms with E-state index >= 15 is 0 Å². The zero-order chi connectivity index (χ0) is 12.1. The number of carbonyl (C=O) groups excluding carboxylic acids is 1. The number of rotatable bonds is 5. The summed E-state index contributed by atoms with van der Waals surface area (Å²) in [6, 6.07) is 1.54. The van der Waals surface area contributed by atoms with E-state index in [2.05, 4.69) is 10.5 Å². The van der Waals surface area contributed by atoms with E-state index < -0.39 is 0 Å². The summed E-state index contributed by atoms with van der Waals surface area (Å²) in [5, 5.41) is 15.4. The van der Waals surface area contributed by atoms with Gasteiger partial charge in [-0.05, 0) is 19.3 Å². The van der Waals surface area contributed by atoms with Gasteiger partial charge in [0.2, 0.25) is 0 Å². The third-order valence-corrected chi connectivity index (χ3v) is 2.42. The Hall–Kier alpha value is -1.36. The van der Waals surface area contributed by atoms with Crippen LogP contribution in [0.4, 0.5) is 0 Å². The Balaban J connectivity index is 2.61. The second-order valence-corrected chi connectivity index (χ2v) is 4.16. The lowest BCUT2D eigenvalue weighted by molar-refractivity contribution is 0.0907. The van der Waals surface area contributed by atoms with Crippen molar-refractivity contribution in [2.24, 2.45) is 5.92 Å². The SMILES string of the molecule is Cc1cc(C(=O)NC(CCO)C(C)C)no1. The predicted octanol–water partition coefficient (Wildman–Crippen LogP) is 1.12. The smallest absolute Gasteiger partial charge is 0.273 e. The van der Waals surface area contributed by atoms with E-state index in [0.717, 1.165) is 0 Å². The van der Waals surface area contributed by atoms with Gasteiger partial charge in [-0.25, -0.2) is 0 Å². The number of aliphatic hydroxyl groups is 1. The number of aryl methyl sites for hydroxylation is 1. The molecule has 0 fully saturated rings. The number of carbonyl (C=O) groups is 1. The van der Waals surface area contributed by atoms with Gasteiger partial charge in [-0.1, -0.05) is 19.0 Å². The summed E-state index contributed by atoms with van der Waals surface area (Å²) in [5.41, 5.74) is 0.279. The van der Waals surface area contributed by atoms with Crippen molar-refractivity contribution < 1.29 is 14.4 Å². The first kappa shape index (κ1) is 12.7. The number of amides is 1. The van der Waals surface area contributed by atoms with Crippen LogP contribution >= 0.6 is 0 Å². The number of aromatic nitrogens is 1. The molecule has 1 rings (SSSR count). The van der Waals surface area contributed by atoms with Gasteiger partial charge in [0.15, 0.2) is 5.69 Å². The third-order valence-electron chi connectivity index (χ3n) is 2.42. The first-order valence-corrected chi connectivity index (χ1v) is 5.39. The molecule has 2 N–H and O–H groups in total. The van der Waals surface area contributed by atoms with Crippen LogP contribution in [0.15, 0.2) is 10.6 Å². The number of nitrogens with one attached hydrogen (secondary N) is 1. The molecule has 0 aromatic carbocycles. The number of aliphatic hydroxyl groups excluding tert-OH is 1. The highest BCUT2D eigenvalue weighted by Crippen LogP contribution is 2.08. The number of nitrogens with zero attached hydrogens (tertiary/aromatic N) is 1. The van der Waals surface area contributed by atoms with Crippen LogP contribution in [0, 0.1) is 12.8 Å². The maximum Gasteiger partial charge on any atom is 0.273 e. The van der Waals surface area contributed by atoms with Gasteiger partial charge in [0.05, 0.1) is 0 Å². The van der Waals surface area contributed by atoms with E-state index in [4.69, 9.17) is 9.63 Å². The molecular formula is C11H18N2O3. The van der Waals surface area contributed by atoms with Gasteiger partial charge < -0.3 is 14.9 Å². The van der Waals surface area contributed by atoms with E-state index in [-0.39, 0.29) is 30.2 Å². The van der Waals surface area contributed by atoms with Crippen LogP contribution in [-0.2, 0) is 0 Å². The molecule has 5 nitrogen and oxygen atoms in total. The average Bonchev–Trinajstić information content (AvgIpc) is 2.64. The van der Waals surface area contributed by atoms with Crippen LogP contribution < -0.4 is 5.32 Å². The molecule has 5 heteroatoms. The van der Waals surface area contributed by atoms with E-state index in [0.29, 0.717) is 12.2 Å². The number of hydrogen-bond acceptors (Lipinski definition) is 4. The first-order valence-electron chi connectivity index (χ1n) is 5.39. The maximum absolute atomic E-state index is 11.7. The molecule has 0 saturated carbocycles. The topological polar surface area (TPSA) is 75.4 Å². The maximum atomic E-state index is 11.7. The standard InChI is InChI=1S/C11H18N2O3/c1-7(2)9(4-5-14)12-11(15)10-6-8(3)16-13-10/h6-7,9,14H,4-5H2,1-3H3,(H,12,15). The summed E-state index contributed by atoms with van der Waals surface area (Å²) in [4.78, 5) is 11.7. The molecule has 0 radical (unpaired) electrons. The summed E-state index contributed by atoms with van der Waals surface area (Å²) in [6.07, 6.45) is 0.542. The molecule has 0 aliphatic heterocycles.